The van der Waals surface area contributed by atoms with Crippen molar-refractivity contribution in [1.29, 1.82) is 0 Å². The van der Waals surface area contributed by atoms with Crippen LogP contribution >= 0.6 is 11.6 Å². The zero-order chi connectivity index (χ0) is 11.5. The van der Waals surface area contributed by atoms with Gasteiger partial charge in [0, 0.05) is 6.04 Å². The quantitative estimate of drug-likeness (QED) is 0.883. The van der Waals surface area contributed by atoms with Gasteiger partial charge in [-0.15, -0.1) is 0 Å². The Morgan fingerprint density at radius 2 is 2.12 bits per heavy atom. The average molecular weight is 242 g/mol. The third-order valence-electron chi connectivity index (χ3n) is 2.94. The lowest BCUT2D eigenvalue weighted by Gasteiger charge is -2.19. The molecule has 88 valence electrons. The molecule has 1 heterocycles. The van der Waals surface area contributed by atoms with E-state index in [4.69, 9.17) is 21.1 Å². The van der Waals surface area contributed by atoms with Crippen LogP contribution in [0.2, 0.25) is 5.02 Å². The zero-order valence-corrected chi connectivity index (χ0v) is 10.3. The molecule has 0 bridgehead atoms. The molecule has 4 heteroatoms. The third kappa shape index (κ3) is 1.97. The van der Waals surface area contributed by atoms with Gasteiger partial charge in [0.05, 0.1) is 24.8 Å². The highest BCUT2D eigenvalue weighted by molar-refractivity contribution is 6.32. The molecule has 1 unspecified atom stereocenters. The lowest BCUT2D eigenvalue weighted by atomic mass is 10.0. The lowest BCUT2D eigenvalue weighted by Crippen LogP contribution is -2.15. The summed E-state index contributed by atoms with van der Waals surface area (Å²) >= 11 is 6.13. The van der Waals surface area contributed by atoms with E-state index in [9.17, 15) is 0 Å². The van der Waals surface area contributed by atoms with Crippen molar-refractivity contribution in [3.63, 3.8) is 0 Å². The Kier molecular flexibility index (Phi) is 3.56. The summed E-state index contributed by atoms with van der Waals surface area (Å²) < 4.78 is 10.8. The highest BCUT2D eigenvalue weighted by atomic mass is 35.5. The van der Waals surface area contributed by atoms with Crippen LogP contribution in [0.1, 0.15) is 24.4 Å². The minimum atomic E-state index is 0.281. The summed E-state index contributed by atoms with van der Waals surface area (Å²) in [5.41, 5.74) is 1.04. The van der Waals surface area contributed by atoms with E-state index in [2.05, 4.69) is 5.32 Å². The highest BCUT2D eigenvalue weighted by Crippen LogP contribution is 2.41. The molecule has 1 aliphatic rings. The summed E-state index contributed by atoms with van der Waals surface area (Å²) in [6.07, 6.45) is 2.26. The van der Waals surface area contributed by atoms with Gasteiger partial charge in [0.25, 0.3) is 0 Å². The van der Waals surface area contributed by atoms with Crippen LogP contribution in [-0.2, 0) is 0 Å². The molecule has 0 saturated carbocycles. The Balaban J connectivity index is 2.48. The minimum absolute atomic E-state index is 0.281. The van der Waals surface area contributed by atoms with Gasteiger partial charge in [-0.05, 0) is 31.5 Å². The Morgan fingerprint density at radius 3 is 2.69 bits per heavy atom. The largest absolute Gasteiger partial charge is 0.496 e. The molecule has 0 amide bonds. The number of hydrogen-bond acceptors (Lipinski definition) is 3. The average Bonchev–Trinajstić information content (AvgIpc) is 2.81. The summed E-state index contributed by atoms with van der Waals surface area (Å²) in [6, 6.07) is 3.97. The van der Waals surface area contributed by atoms with Crippen molar-refractivity contribution in [1.82, 2.24) is 5.32 Å². The van der Waals surface area contributed by atoms with E-state index in [0.29, 0.717) is 5.02 Å². The summed E-state index contributed by atoms with van der Waals surface area (Å²) in [5.74, 6) is 1.56. The number of benzene rings is 1. The topological polar surface area (TPSA) is 30.5 Å². The first kappa shape index (κ1) is 11.6. The second kappa shape index (κ2) is 4.93. The first-order valence-electron chi connectivity index (χ1n) is 5.41. The number of methoxy groups -OCH3 is 2. The maximum absolute atomic E-state index is 6.13. The van der Waals surface area contributed by atoms with Crippen molar-refractivity contribution >= 4 is 11.6 Å². The second-order valence-electron chi connectivity index (χ2n) is 3.85. The zero-order valence-electron chi connectivity index (χ0n) is 9.55. The summed E-state index contributed by atoms with van der Waals surface area (Å²) in [7, 11) is 3.31. The van der Waals surface area contributed by atoms with Crippen LogP contribution in [0.3, 0.4) is 0 Å². The normalized spacial score (nSPS) is 19.8. The smallest absolute Gasteiger partial charge is 0.145 e. The SMILES string of the molecule is COc1ccc(Cl)c(OC)c1C1CCCN1. The minimum Gasteiger partial charge on any atom is -0.496 e. The van der Waals surface area contributed by atoms with Crippen molar-refractivity contribution in [2.45, 2.75) is 18.9 Å². The summed E-state index contributed by atoms with van der Waals surface area (Å²) in [5, 5.41) is 4.06. The number of ether oxygens (including phenoxy) is 2. The Morgan fingerprint density at radius 1 is 1.31 bits per heavy atom. The molecule has 1 N–H and O–H groups in total. The van der Waals surface area contributed by atoms with Gasteiger partial charge in [0.1, 0.15) is 11.5 Å². The molecule has 1 aromatic rings. The van der Waals surface area contributed by atoms with E-state index in [1.54, 1.807) is 20.3 Å². The molecule has 1 saturated heterocycles. The Bertz CT molecular complexity index is 376. The first-order chi connectivity index (χ1) is 7.77. The molecule has 0 radical (unpaired) electrons. The molecule has 3 nitrogen and oxygen atoms in total. The fraction of sp³-hybridized carbons (Fsp3) is 0.500. The summed E-state index contributed by atoms with van der Waals surface area (Å²) in [6.45, 7) is 1.03. The maximum Gasteiger partial charge on any atom is 0.145 e. The van der Waals surface area contributed by atoms with E-state index in [1.165, 1.54) is 6.42 Å². The fourth-order valence-electron chi connectivity index (χ4n) is 2.20. The van der Waals surface area contributed by atoms with E-state index in [-0.39, 0.29) is 6.04 Å². The predicted molar refractivity (Wildman–Crippen MR) is 64.5 cm³/mol. The summed E-state index contributed by atoms with van der Waals surface area (Å²) in [4.78, 5) is 0. The van der Waals surface area contributed by atoms with Gasteiger partial charge < -0.3 is 14.8 Å². The van der Waals surface area contributed by atoms with Gasteiger partial charge in [-0.3, -0.25) is 0 Å². The number of nitrogens with one attached hydrogen (secondary N) is 1. The number of hydrogen-bond donors (Lipinski definition) is 1. The predicted octanol–water partition coefficient (Wildman–Crippen LogP) is 2.78. The van der Waals surface area contributed by atoms with Gasteiger partial charge in [0.15, 0.2) is 0 Å². The van der Waals surface area contributed by atoms with Crippen LogP contribution in [0, 0.1) is 0 Å². The van der Waals surface area contributed by atoms with Crippen LogP contribution in [0.15, 0.2) is 12.1 Å². The van der Waals surface area contributed by atoms with Gasteiger partial charge >= 0.3 is 0 Å². The Labute approximate surface area is 101 Å². The van der Waals surface area contributed by atoms with Crippen molar-refractivity contribution in [2.75, 3.05) is 20.8 Å². The molecule has 0 spiro atoms. The van der Waals surface area contributed by atoms with Gasteiger partial charge in [-0.2, -0.15) is 0 Å². The van der Waals surface area contributed by atoms with Gasteiger partial charge in [-0.25, -0.2) is 0 Å². The van der Waals surface area contributed by atoms with Gasteiger partial charge in [0.2, 0.25) is 0 Å². The van der Waals surface area contributed by atoms with Crippen molar-refractivity contribution in [3.8, 4) is 11.5 Å². The maximum atomic E-state index is 6.13. The fourth-order valence-corrected chi connectivity index (χ4v) is 2.44. The van der Waals surface area contributed by atoms with Crippen molar-refractivity contribution in [2.24, 2.45) is 0 Å². The van der Waals surface area contributed by atoms with E-state index in [1.807, 2.05) is 6.07 Å². The molecule has 1 aliphatic heterocycles. The molecule has 2 rings (SSSR count). The number of halogens is 1. The Hall–Kier alpha value is -0.930. The van der Waals surface area contributed by atoms with Crippen LogP contribution in [0.25, 0.3) is 0 Å². The molecular formula is C12H16ClNO2. The highest BCUT2D eigenvalue weighted by Gasteiger charge is 2.25. The second-order valence-corrected chi connectivity index (χ2v) is 4.25. The van der Waals surface area contributed by atoms with Gasteiger partial charge in [-0.1, -0.05) is 11.6 Å². The molecule has 0 aromatic heterocycles. The standard InChI is InChI=1S/C12H16ClNO2/c1-15-10-6-5-8(13)12(16-2)11(10)9-4-3-7-14-9/h5-6,9,14H,3-4,7H2,1-2H3. The molecular weight excluding hydrogens is 226 g/mol. The van der Waals surface area contributed by atoms with Crippen molar-refractivity contribution in [3.05, 3.63) is 22.7 Å². The monoisotopic (exact) mass is 241 g/mol. The van der Waals surface area contributed by atoms with E-state index >= 15 is 0 Å². The molecule has 1 atom stereocenters. The van der Waals surface area contributed by atoms with Crippen LogP contribution in [0.4, 0.5) is 0 Å². The number of rotatable bonds is 3. The molecule has 0 aliphatic carbocycles. The first-order valence-corrected chi connectivity index (χ1v) is 5.79. The molecule has 1 fully saturated rings. The van der Waals surface area contributed by atoms with E-state index in [0.717, 1.165) is 30.0 Å². The van der Waals surface area contributed by atoms with Crippen LogP contribution < -0.4 is 14.8 Å². The lowest BCUT2D eigenvalue weighted by molar-refractivity contribution is 0.376. The van der Waals surface area contributed by atoms with E-state index < -0.39 is 0 Å². The molecule has 16 heavy (non-hydrogen) atoms. The van der Waals surface area contributed by atoms with Crippen LogP contribution in [0.5, 0.6) is 11.5 Å². The molecule has 1 aromatic carbocycles. The van der Waals surface area contributed by atoms with Crippen LogP contribution in [-0.4, -0.2) is 20.8 Å². The van der Waals surface area contributed by atoms with Crippen molar-refractivity contribution < 1.29 is 9.47 Å². The third-order valence-corrected chi connectivity index (χ3v) is 3.24.